The van der Waals surface area contributed by atoms with Gasteiger partial charge in [-0.15, -0.1) is 0 Å². The molecule has 0 saturated heterocycles. The van der Waals surface area contributed by atoms with Crippen LogP contribution in [-0.2, 0) is 12.8 Å². The summed E-state index contributed by atoms with van der Waals surface area (Å²) in [6, 6.07) is 2.02. The largest absolute Gasteiger partial charge is 0.458 e. The van der Waals surface area contributed by atoms with Gasteiger partial charge in [-0.1, -0.05) is 13.8 Å². The highest BCUT2D eigenvalue weighted by Gasteiger charge is 2.60. The van der Waals surface area contributed by atoms with Crippen LogP contribution in [-0.4, -0.2) is 17.0 Å². The number of hydrogen-bond acceptors (Lipinski definition) is 3. The van der Waals surface area contributed by atoms with Crippen molar-refractivity contribution in [3.63, 3.8) is 0 Å². The summed E-state index contributed by atoms with van der Waals surface area (Å²) in [5.74, 6) is 4.57. The van der Waals surface area contributed by atoms with Crippen molar-refractivity contribution in [3.8, 4) is 0 Å². The summed E-state index contributed by atoms with van der Waals surface area (Å²) >= 11 is 0. The van der Waals surface area contributed by atoms with Gasteiger partial charge in [0.2, 0.25) is 0 Å². The first kappa shape index (κ1) is 17.0. The summed E-state index contributed by atoms with van der Waals surface area (Å²) in [4.78, 5) is 11.8. The fraction of sp³-hybridized carbons (Fsp3) is 0.783. The SMILES string of the molecule is CC(=O)c1cc2c(o1)C[C@@H]1CC[C@@H]3[C@H](CC[C@]4(C)[C@@H](O)CC[C@@H]34)[C@@]1(C)C2. The molecule has 3 heteroatoms. The van der Waals surface area contributed by atoms with Crippen molar-refractivity contribution in [2.75, 3.05) is 0 Å². The molecule has 5 rings (SSSR count). The second-order valence-electron chi connectivity index (χ2n) is 10.3. The first-order valence-corrected chi connectivity index (χ1v) is 10.6. The van der Waals surface area contributed by atoms with E-state index in [0.29, 0.717) is 23.0 Å². The number of rotatable bonds is 1. The molecule has 0 spiro atoms. The van der Waals surface area contributed by atoms with E-state index in [1.54, 1.807) is 6.92 Å². The van der Waals surface area contributed by atoms with Gasteiger partial charge in [0.25, 0.3) is 0 Å². The predicted molar refractivity (Wildman–Crippen MR) is 100 cm³/mol. The molecule has 142 valence electrons. The lowest BCUT2D eigenvalue weighted by atomic mass is 9.45. The quantitative estimate of drug-likeness (QED) is 0.735. The lowest BCUT2D eigenvalue weighted by molar-refractivity contribution is -0.112. The molecule has 4 aliphatic rings. The Hall–Kier alpha value is -1.09. The van der Waals surface area contributed by atoms with E-state index in [4.69, 9.17) is 4.42 Å². The number of carbonyl (C=O) groups excluding carboxylic acids is 1. The number of fused-ring (bicyclic) bond motifs is 6. The highest BCUT2D eigenvalue weighted by Crippen LogP contribution is 2.65. The maximum atomic E-state index is 11.8. The molecule has 0 aromatic carbocycles. The van der Waals surface area contributed by atoms with Crippen molar-refractivity contribution in [2.24, 2.45) is 34.5 Å². The van der Waals surface area contributed by atoms with Crippen molar-refractivity contribution >= 4 is 5.78 Å². The predicted octanol–water partition coefficient (Wildman–Crippen LogP) is 4.80. The highest BCUT2D eigenvalue weighted by atomic mass is 16.3. The van der Waals surface area contributed by atoms with Gasteiger partial charge < -0.3 is 9.52 Å². The molecule has 0 aliphatic heterocycles. The van der Waals surface area contributed by atoms with Crippen LogP contribution in [0.4, 0.5) is 0 Å². The van der Waals surface area contributed by atoms with E-state index in [-0.39, 0.29) is 17.3 Å². The number of aliphatic hydroxyl groups excluding tert-OH is 1. The molecular formula is C23H32O3. The minimum Gasteiger partial charge on any atom is -0.458 e. The van der Waals surface area contributed by atoms with Crippen LogP contribution in [0.3, 0.4) is 0 Å². The Kier molecular flexibility index (Phi) is 3.58. The number of furan rings is 1. The van der Waals surface area contributed by atoms with Crippen LogP contribution in [0.5, 0.6) is 0 Å². The van der Waals surface area contributed by atoms with E-state index in [0.717, 1.165) is 36.9 Å². The molecule has 3 fully saturated rings. The summed E-state index contributed by atoms with van der Waals surface area (Å²) in [5.41, 5.74) is 1.76. The third-order valence-corrected chi connectivity index (χ3v) is 9.26. The first-order valence-electron chi connectivity index (χ1n) is 10.6. The van der Waals surface area contributed by atoms with Crippen LogP contribution in [0.25, 0.3) is 0 Å². The van der Waals surface area contributed by atoms with Crippen molar-refractivity contribution < 1.29 is 14.3 Å². The van der Waals surface area contributed by atoms with Crippen LogP contribution in [0.15, 0.2) is 10.5 Å². The molecule has 0 unspecified atom stereocenters. The third-order valence-electron chi connectivity index (χ3n) is 9.26. The smallest absolute Gasteiger partial charge is 0.194 e. The van der Waals surface area contributed by atoms with Crippen LogP contribution in [0.2, 0.25) is 0 Å². The van der Waals surface area contributed by atoms with Crippen molar-refractivity contribution in [2.45, 2.75) is 78.2 Å². The number of ketones is 1. The summed E-state index contributed by atoms with van der Waals surface area (Å²) < 4.78 is 5.91. The van der Waals surface area contributed by atoms with Gasteiger partial charge in [-0.25, -0.2) is 0 Å². The maximum Gasteiger partial charge on any atom is 0.194 e. The van der Waals surface area contributed by atoms with E-state index in [9.17, 15) is 9.90 Å². The second kappa shape index (κ2) is 5.47. The zero-order valence-electron chi connectivity index (χ0n) is 16.4. The molecule has 1 N–H and O–H groups in total. The fourth-order valence-electron chi connectivity index (χ4n) is 7.71. The zero-order valence-corrected chi connectivity index (χ0v) is 16.4. The monoisotopic (exact) mass is 356 g/mol. The molecule has 1 aromatic rings. The zero-order chi connectivity index (χ0) is 18.3. The maximum absolute atomic E-state index is 11.8. The van der Waals surface area contributed by atoms with Crippen molar-refractivity contribution in [3.05, 3.63) is 23.2 Å². The van der Waals surface area contributed by atoms with Crippen molar-refractivity contribution in [1.29, 1.82) is 0 Å². The molecule has 1 heterocycles. The lowest BCUT2D eigenvalue weighted by Crippen LogP contribution is -2.54. The van der Waals surface area contributed by atoms with Gasteiger partial charge in [0, 0.05) is 13.3 Å². The molecule has 0 amide bonds. The van der Waals surface area contributed by atoms with E-state index in [1.807, 2.05) is 6.07 Å². The Morgan fingerprint density at radius 1 is 1.12 bits per heavy atom. The number of carbonyl (C=O) groups is 1. The van der Waals surface area contributed by atoms with Gasteiger partial charge in [-0.05, 0) is 91.1 Å². The van der Waals surface area contributed by atoms with Crippen molar-refractivity contribution in [1.82, 2.24) is 0 Å². The fourth-order valence-corrected chi connectivity index (χ4v) is 7.71. The molecule has 1 aromatic heterocycles. The minimum atomic E-state index is -0.0936. The highest BCUT2D eigenvalue weighted by molar-refractivity contribution is 5.91. The molecular weight excluding hydrogens is 324 g/mol. The molecule has 7 atom stereocenters. The number of hydrogen-bond donors (Lipinski definition) is 1. The minimum absolute atomic E-state index is 0.0405. The lowest BCUT2D eigenvalue weighted by Gasteiger charge is -2.59. The summed E-state index contributed by atoms with van der Waals surface area (Å²) in [5, 5.41) is 10.6. The van der Waals surface area contributed by atoms with Crippen LogP contribution < -0.4 is 0 Å². The van der Waals surface area contributed by atoms with Crippen LogP contribution in [0, 0.1) is 34.5 Å². The molecule has 26 heavy (non-hydrogen) atoms. The molecule has 4 aliphatic carbocycles. The molecule has 0 bridgehead atoms. The number of Topliss-reactive ketones (excluding diaryl/α,β-unsaturated/α-hetero) is 1. The van der Waals surface area contributed by atoms with Gasteiger partial charge in [-0.2, -0.15) is 0 Å². The van der Waals surface area contributed by atoms with E-state index in [2.05, 4.69) is 13.8 Å². The van der Waals surface area contributed by atoms with Gasteiger partial charge >= 0.3 is 0 Å². The van der Waals surface area contributed by atoms with E-state index in [1.165, 1.54) is 37.7 Å². The van der Waals surface area contributed by atoms with E-state index < -0.39 is 0 Å². The Balaban J connectivity index is 1.48. The third kappa shape index (κ3) is 2.13. The summed E-state index contributed by atoms with van der Waals surface area (Å²) in [7, 11) is 0. The summed E-state index contributed by atoms with van der Waals surface area (Å²) in [6.07, 6.45) is 9.22. The molecule has 3 nitrogen and oxygen atoms in total. The molecule has 0 radical (unpaired) electrons. The second-order valence-corrected chi connectivity index (χ2v) is 10.3. The Bertz CT molecular complexity index is 749. The van der Waals surface area contributed by atoms with Gasteiger partial charge in [-0.3, -0.25) is 4.79 Å². The van der Waals surface area contributed by atoms with Gasteiger partial charge in [0.05, 0.1) is 6.10 Å². The normalized spacial score (nSPS) is 46.8. The Morgan fingerprint density at radius 2 is 1.88 bits per heavy atom. The van der Waals surface area contributed by atoms with Gasteiger partial charge in [0.1, 0.15) is 5.76 Å². The standard InChI is InChI=1S/C23H32O3/c1-13(24)19-10-14-12-23(3)15(11-20(14)26-19)4-5-16-17-6-7-21(25)22(17,2)9-8-18(16)23/h10,15-18,21,25H,4-9,11-12H2,1-3H3/t15-,16-,17-,18-,21-,22-,23-/m0/s1. The van der Waals surface area contributed by atoms with Crippen LogP contribution >= 0.6 is 0 Å². The van der Waals surface area contributed by atoms with Gasteiger partial charge in [0.15, 0.2) is 11.5 Å². The topological polar surface area (TPSA) is 50.4 Å². The van der Waals surface area contributed by atoms with Crippen LogP contribution in [0.1, 0.15) is 81.2 Å². The Labute approximate surface area is 156 Å². The first-order chi connectivity index (χ1) is 12.3. The number of aliphatic hydroxyl groups is 1. The Morgan fingerprint density at radius 3 is 2.65 bits per heavy atom. The summed E-state index contributed by atoms with van der Waals surface area (Å²) in [6.45, 7) is 6.47. The van der Waals surface area contributed by atoms with E-state index >= 15 is 0 Å². The average Bonchev–Trinajstić information content (AvgIpc) is 3.13. The molecule has 3 saturated carbocycles. The average molecular weight is 357 g/mol.